The van der Waals surface area contributed by atoms with Crippen LogP contribution in [-0.4, -0.2) is 12.6 Å². The Labute approximate surface area is 120 Å². The Morgan fingerprint density at radius 2 is 1.85 bits per heavy atom. The van der Waals surface area contributed by atoms with Gasteiger partial charge in [-0.2, -0.15) is 5.26 Å². The van der Waals surface area contributed by atoms with Gasteiger partial charge in [-0.25, -0.2) is 0 Å². The second kappa shape index (κ2) is 5.17. The SMILES string of the molecule is CC(C)N(CC1CC1)c1ccc(C#N)c2ccccc12. The van der Waals surface area contributed by atoms with E-state index in [0.29, 0.717) is 6.04 Å². The van der Waals surface area contributed by atoms with Crippen LogP contribution in [0.25, 0.3) is 10.8 Å². The van der Waals surface area contributed by atoms with Crippen LogP contribution in [0.15, 0.2) is 36.4 Å². The second-order valence-corrected chi connectivity index (χ2v) is 5.98. The maximum Gasteiger partial charge on any atom is 0.0998 e. The minimum Gasteiger partial charge on any atom is -0.368 e. The van der Waals surface area contributed by atoms with Gasteiger partial charge in [0.15, 0.2) is 0 Å². The summed E-state index contributed by atoms with van der Waals surface area (Å²) in [6.07, 6.45) is 2.72. The number of nitrogens with zero attached hydrogens (tertiary/aromatic N) is 2. The van der Waals surface area contributed by atoms with Gasteiger partial charge in [0.05, 0.1) is 11.6 Å². The summed E-state index contributed by atoms with van der Waals surface area (Å²) in [4.78, 5) is 2.49. The Bertz CT molecular complexity index is 663. The third-order valence-corrected chi connectivity index (χ3v) is 4.11. The molecule has 0 saturated heterocycles. The normalized spacial score (nSPS) is 14.5. The van der Waals surface area contributed by atoms with Crippen molar-refractivity contribution in [3.05, 3.63) is 42.0 Å². The fourth-order valence-electron chi connectivity index (χ4n) is 2.80. The van der Waals surface area contributed by atoms with Crippen LogP contribution in [0.2, 0.25) is 0 Å². The Hall–Kier alpha value is -2.01. The van der Waals surface area contributed by atoms with Crippen molar-refractivity contribution in [1.82, 2.24) is 0 Å². The first-order valence-electron chi connectivity index (χ1n) is 7.39. The standard InChI is InChI=1S/C18H20N2/c1-13(2)20(12-14-7-8-14)18-10-9-15(11-19)16-5-3-4-6-17(16)18/h3-6,9-10,13-14H,7-8,12H2,1-2H3. The smallest absolute Gasteiger partial charge is 0.0998 e. The summed E-state index contributed by atoms with van der Waals surface area (Å²) in [5.41, 5.74) is 2.03. The molecule has 2 nitrogen and oxygen atoms in total. The van der Waals surface area contributed by atoms with Gasteiger partial charge in [0.25, 0.3) is 0 Å². The molecule has 0 unspecified atom stereocenters. The number of fused-ring (bicyclic) bond motifs is 1. The van der Waals surface area contributed by atoms with Crippen LogP contribution >= 0.6 is 0 Å². The first-order valence-corrected chi connectivity index (χ1v) is 7.39. The van der Waals surface area contributed by atoms with Crippen molar-refractivity contribution >= 4 is 16.5 Å². The van der Waals surface area contributed by atoms with Gasteiger partial charge in [-0.05, 0) is 44.7 Å². The van der Waals surface area contributed by atoms with Crippen LogP contribution in [0.4, 0.5) is 5.69 Å². The highest BCUT2D eigenvalue weighted by Gasteiger charge is 2.26. The highest BCUT2D eigenvalue weighted by molar-refractivity contribution is 5.97. The van der Waals surface area contributed by atoms with E-state index in [2.05, 4.69) is 43.0 Å². The molecule has 102 valence electrons. The van der Waals surface area contributed by atoms with Crippen molar-refractivity contribution in [2.24, 2.45) is 5.92 Å². The topological polar surface area (TPSA) is 27.0 Å². The predicted molar refractivity (Wildman–Crippen MR) is 83.9 cm³/mol. The number of rotatable bonds is 4. The maximum atomic E-state index is 9.27. The van der Waals surface area contributed by atoms with Gasteiger partial charge in [-0.15, -0.1) is 0 Å². The van der Waals surface area contributed by atoms with Gasteiger partial charge in [0, 0.05) is 29.0 Å². The average molecular weight is 264 g/mol. The second-order valence-electron chi connectivity index (χ2n) is 5.98. The van der Waals surface area contributed by atoms with E-state index in [1.807, 2.05) is 18.2 Å². The van der Waals surface area contributed by atoms with E-state index in [4.69, 9.17) is 0 Å². The lowest BCUT2D eigenvalue weighted by Gasteiger charge is -2.30. The Balaban J connectivity index is 2.12. The molecule has 1 aliphatic carbocycles. The van der Waals surface area contributed by atoms with Gasteiger partial charge < -0.3 is 4.90 Å². The van der Waals surface area contributed by atoms with Gasteiger partial charge in [-0.1, -0.05) is 24.3 Å². The molecule has 1 aliphatic rings. The first kappa shape index (κ1) is 13.0. The van der Waals surface area contributed by atoms with Gasteiger partial charge in [-0.3, -0.25) is 0 Å². The zero-order valence-electron chi connectivity index (χ0n) is 12.1. The van der Waals surface area contributed by atoms with Crippen LogP contribution in [0, 0.1) is 17.2 Å². The Kier molecular flexibility index (Phi) is 3.36. The molecule has 0 N–H and O–H groups in total. The third-order valence-electron chi connectivity index (χ3n) is 4.11. The molecule has 20 heavy (non-hydrogen) atoms. The molecule has 2 heteroatoms. The molecular formula is C18H20N2. The van der Waals surface area contributed by atoms with Crippen LogP contribution in [-0.2, 0) is 0 Å². The van der Waals surface area contributed by atoms with Crippen molar-refractivity contribution < 1.29 is 0 Å². The zero-order valence-corrected chi connectivity index (χ0v) is 12.1. The molecule has 0 amide bonds. The molecule has 0 bridgehead atoms. The van der Waals surface area contributed by atoms with E-state index >= 15 is 0 Å². The van der Waals surface area contributed by atoms with Gasteiger partial charge in [0.1, 0.15) is 0 Å². The molecule has 1 fully saturated rings. The molecule has 0 spiro atoms. The van der Waals surface area contributed by atoms with Crippen molar-refractivity contribution in [2.45, 2.75) is 32.7 Å². The molecule has 2 aromatic rings. The van der Waals surface area contributed by atoms with Gasteiger partial charge >= 0.3 is 0 Å². The van der Waals surface area contributed by atoms with E-state index in [-0.39, 0.29) is 0 Å². The largest absolute Gasteiger partial charge is 0.368 e. The fourth-order valence-corrected chi connectivity index (χ4v) is 2.80. The number of nitriles is 1. The monoisotopic (exact) mass is 264 g/mol. The fraction of sp³-hybridized carbons (Fsp3) is 0.389. The highest BCUT2D eigenvalue weighted by Crippen LogP contribution is 2.35. The lowest BCUT2D eigenvalue weighted by Crippen LogP contribution is -2.32. The molecule has 0 heterocycles. The predicted octanol–water partition coefficient (Wildman–Crippen LogP) is 4.34. The van der Waals surface area contributed by atoms with Crippen LogP contribution in [0.5, 0.6) is 0 Å². The van der Waals surface area contributed by atoms with Gasteiger partial charge in [0.2, 0.25) is 0 Å². The number of anilines is 1. The lowest BCUT2D eigenvalue weighted by atomic mass is 10.0. The average Bonchev–Trinajstić information content (AvgIpc) is 3.27. The van der Waals surface area contributed by atoms with E-state index in [1.165, 1.54) is 23.9 Å². The van der Waals surface area contributed by atoms with Crippen molar-refractivity contribution in [2.75, 3.05) is 11.4 Å². The quantitative estimate of drug-likeness (QED) is 0.821. The van der Waals surface area contributed by atoms with E-state index in [9.17, 15) is 5.26 Å². The minimum atomic E-state index is 0.479. The summed E-state index contributed by atoms with van der Waals surface area (Å²) in [7, 11) is 0. The maximum absolute atomic E-state index is 9.27. The molecule has 0 radical (unpaired) electrons. The molecular weight excluding hydrogens is 244 g/mol. The summed E-state index contributed by atoms with van der Waals surface area (Å²) >= 11 is 0. The summed E-state index contributed by atoms with van der Waals surface area (Å²) in [5.74, 6) is 0.854. The summed E-state index contributed by atoms with van der Waals surface area (Å²) in [6.45, 7) is 5.62. The van der Waals surface area contributed by atoms with E-state index < -0.39 is 0 Å². The van der Waals surface area contributed by atoms with Crippen LogP contribution < -0.4 is 4.90 Å². The van der Waals surface area contributed by atoms with Crippen LogP contribution in [0.1, 0.15) is 32.3 Å². The third kappa shape index (κ3) is 2.36. The molecule has 0 aliphatic heterocycles. The van der Waals surface area contributed by atoms with Crippen molar-refractivity contribution in [1.29, 1.82) is 5.26 Å². The van der Waals surface area contributed by atoms with Crippen LogP contribution in [0.3, 0.4) is 0 Å². The van der Waals surface area contributed by atoms with E-state index in [1.54, 1.807) is 0 Å². The first-order chi connectivity index (χ1) is 9.70. The highest BCUT2D eigenvalue weighted by atomic mass is 15.2. The molecule has 1 saturated carbocycles. The lowest BCUT2D eigenvalue weighted by molar-refractivity contribution is 0.647. The molecule has 0 aromatic heterocycles. The molecule has 2 aromatic carbocycles. The Morgan fingerprint density at radius 1 is 1.15 bits per heavy atom. The molecule has 3 rings (SSSR count). The molecule has 0 atom stereocenters. The van der Waals surface area contributed by atoms with Crippen molar-refractivity contribution in [3.63, 3.8) is 0 Å². The summed E-state index contributed by atoms with van der Waals surface area (Å²) in [5, 5.41) is 11.5. The number of benzene rings is 2. The zero-order chi connectivity index (χ0) is 14.1. The minimum absolute atomic E-state index is 0.479. The summed E-state index contributed by atoms with van der Waals surface area (Å²) in [6, 6.07) is 15.1. The van der Waals surface area contributed by atoms with E-state index in [0.717, 1.165) is 23.4 Å². The van der Waals surface area contributed by atoms with Crippen molar-refractivity contribution in [3.8, 4) is 6.07 Å². The summed E-state index contributed by atoms with van der Waals surface area (Å²) < 4.78 is 0. The number of hydrogen-bond donors (Lipinski definition) is 0. The Morgan fingerprint density at radius 3 is 2.45 bits per heavy atom. The number of hydrogen-bond acceptors (Lipinski definition) is 2.